The van der Waals surface area contributed by atoms with Crippen LogP contribution in [0.2, 0.25) is 0 Å². The van der Waals surface area contributed by atoms with Crippen LogP contribution >= 0.6 is 0 Å². The van der Waals surface area contributed by atoms with Crippen LogP contribution in [-0.2, 0) is 16.0 Å². The van der Waals surface area contributed by atoms with Crippen molar-refractivity contribution in [1.82, 2.24) is 19.7 Å². The van der Waals surface area contributed by atoms with Gasteiger partial charge in [-0.2, -0.15) is 23.0 Å². The van der Waals surface area contributed by atoms with Gasteiger partial charge in [0.1, 0.15) is 12.4 Å². The van der Waals surface area contributed by atoms with Gasteiger partial charge in [0.2, 0.25) is 0 Å². The summed E-state index contributed by atoms with van der Waals surface area (Å²) < 4.78 is 52.3. The van der Waals surface area contributed by atoms with Crippen molar-refractivity contribution in [2.24, 2.45) is 5.73 Å². The van der Waals surface area contributed by atoms with Crippen molar-refractivity contribution in [1.29, 1.82) is 0 Å². The molecule has 0 aliphatic heterocycles. The van der Waals surface area contributed by atoms with Crippen molar-refractivity contribution < 1.29 is 37.0 Å². The van der Waals surface area contributed by atoms with Crippen molar-refractivity contribution in [3.63, 3.8) is 0 Å². The summed E-state index contributed by atoms with van der Waals surface area (Å²) >= 11 is 0. The zero-order valence-corrected chi connectivity index (χ0v) is 24.3. The molecule has 0 saturated carbocycles. The number of hydrogen-bond donors (Lipinski definition) is 3. The monoisotopic (exact) mass is 633 g/mol. The Hall–Kier alpha value is -5.56. The fraction of sp³-hybridized carbons (Fsp3) is 0.152. The molecule has 0 fully saturated rings. The minimum Gasteiger partial charge on any atom is -0.475 e. The van der Waals surface area contributed by atoms with Crippen LogP contribution < -0.4 is 5.73 Å². The van der Waals surface area contributed by atoms with E-state index in [1.165, 1.54) is 10.7 Å². The van der Waals surface area contributed by atoms with Crippen molar-refractivity contribution in [2.45, 2.75) is 25.6 Å². The number of halogens is 4. The summed E-state index contributed by atoms with van der Waals surface area (Å²) in [5.41, 5.74) is 13.0. The number of para-hydroxylation sites is 1. The molecule has 0 amide bonds. The zero-order valence-electron chi connectivity index (χ0n) is 24.3. The van der Waals surface area contributed by atoms with Crippen molar-refractivity contribution in [3.8, 4) is 22.4 Å². The Morgan fingerprint density at radius 3 is 2.52 bits per heavy atom. The number of carbonyl (C=O) groups excluding carboxylic acids is 1. The lowest BCUT2D eigenvalue weighted by Crippen LogP contribution is -2.31. The van der Waals surface area contributed by atoms with E-state index in [9.17, 15) is 22.4 Å². The summed E-state index contributed by atoms with van der Waals surface area (Å²) in [5.74, 6) is -3.01. The number of benzene rings is 3. The Bertz CT molecular complexity index is 2040. The molecule has 1 unspecified atom stereocenters. The summed E-state index contributed by atoms with van der Waals surface area (Å²) in [6, 6.07) is 22.1. The molecule has 0 radical (unpaired) electrons. The van der Waals surface area contributed by atoms with E-state index >= 15 is 0 Å². The van der Waals surface area contributed by atoms with Gasteiger partial charge < -0.3 is 20.6 Å². The number of fused-ring (bicyclic) bond motifs is 2. The summed E-state index contributed by atoms with van der Waals surface area (Å²) in [5, 5.41) is 13.3. The van der Waals surface area contributed by atoms with Crippen LogP contribution in [0.3, 0.4) is 0 Å². The van der Waals surface area contributed by atoms with E-state index in [0.717, 1.165) is 44.2 Å². The van der Waals surface area contributed by atoms with Gasteiger partial charge in [-0.3, -0.25) is 4.98 Å². The third-order valence-electron chi connectivity index (χ3n) is 7.11. The molecule has 6 rings (SSSR count). The number of rotatable bonds is 6. The minimum absolute atomic E-state index is 0.0634. The first-order valence-electron chi connectivity index (χ1n) is 13.9. The average molecular weight is 634 g/mol. The molecule has 1 atom stereocenters. The number of carbonyl (C=O) groups is 2. The van der Waals surface area contributed by atoms with Gasteiger partial charge in [0.15, 0.2) is 0 Å². The number of alkyl halides is 3. The van der Waals surface area contributed by atoms with Gasteiger partial charge in [-0.15, -0.1) is 0 Å². The Kier molecular flexibility index (Phi) is 9.14. The normalized spacial score (nSPS) is 12.0. The number of aliphatic carboxylic acids is 1. The highest BCUT2D eigenvalue weighted by Crippen LogP contribution is 2.33. The third kappa shape index (κ3) is 7.05. The quantitative estimate of drug-likeness (QED) is 0.170. The highest BCUT2D eigenvalue weighted by Gasteiger charge is 2.38. The molecule has 6 aromatic rings. The number of aromatic amines is 1. The van der Waals surface area contributed by atoms with Gasteiger partial charge in [0.05, 0.1) is 17.4 Å². The minimum atomic E-state index is -5.08. The van der Waals surface area contributed by atoms with Gasteiger partial charge in [0, 0.05) is 45.9 Å². The van der Waals surface area contributed by atoms with Crippen molar-refractivity contribution in [2.75, 3.05) is 6.61 Å². The summed E-state index contributed by atoms with van der Waals surface area (Å²) in [4.78, 5) is 29.6. The molecule has 3 heterocycles. The van der Waals surface area contributed by atoms with Gasteiger partial charge >= 0.3 is 18.2 Å². The first kappa shape index (κ1) is 31.9. The van der Waals surface area contributed by atoms with Gasteiger partial charge in [-0.25, -0.2) is 14.0 Å². The molecule has 13 heteroatoms. The number of pyridine rings is 1. The molecule has 0 aliphatic carbocycles. The maximum Gasteiger partial charge on any atom is 0.490 e. The maximum atomic E-state index is 13.8. The first-order chi connectivity index (χ1) is 21.9. The number of carboxylic acids is 1. The van der Waals surface area contributed by atoms with E-state index in [-0.39, 0.29) is 18.5 Å². The molecule has 236 valence electrons. The predicted molar refractivity (Wildman–Crippen MR) is 164 cm³/mol. The fourth-order valence-corrected chi connectivity index (χ4v) is 4.89. The molecule has 0 spiro atoms. The van der Waals surface area contributed by atoms with E-state index in [0.29, 0.717) is 17.5 Å². The number of aryl methyl sites for hydroxylation is 1. The number of aromatic nitrogens is 4. The van der Waals surface area contributed by atoms with Crippen LogP contribution in [0.1, 0.15) is 11.1 Å². The number of nitrogens with zero attached hydrogens (tertiary/aromatic N) is 3. The standard InChI is InChI=1S/C31H26FN5O2.C2HF3O2/c1-19-13-21(8-10-27(19)32)30-26(6-4-12-34-30)20-9-11-29-23(14-20)17-36-37(29)31(38)39-18-24(33)15-22-16-35-28-7-3-2-5-25(22)28;3-2(4,5)1(6)7/h2-14,16-17,24,35H,15,18,33H2,1H3;(H,6,7). The molecular formula is C33H27F4N5O4. The Balaban J connectivity index is 0.000000537. The van der Waals surface area contributed by atoms with Crippen molar-refractivity contribution >= 4 is 33.9 Å². The number of H-pyrrole nitrogens is 1. The Labute approximate surface area is 259 Å². The second-order valence-electron chi connectivity index (χ2n) is 10.4. The first-order valence-corrected chi connectivity index (χ1v) is 13.9. The lowest BCUT2D eigenvalue weighted by molar-refractivity contribution is -0.192. The lowest BCUT2D eigenvalue weighted by Gasteiger charge is -2.12. The number of hydrogen-bond acceptors (Lipinski definition) is 6. The Morgan fingerprint density at radius 2 is 1.78 bits per heavy atom. The second-order valence-corrected chi connectivity index (χ2v) is 10.4. The van der Waals surface area contributed by atoms with Crippen LogP contribution in [0.5, 0.6) is 0 Å². The van der Waals surface area contributed by atoms with Gasteiger partial charge in [-0.1, -0.05) is 30.3 Å². The largest absolute Gasteiger partial charge is 0.490 e. The maximum absolute atomic E-state index is 13.8. The highest BCUT2D eigenvalue weighted by atomic mass is 19.4. The van der Waals surface area contributed by atoms with E-state index < -0.39 is 18.2 Å². The predicted octanol–water partition coefficient (Wildman–Crippen LogP) is 6.88. The molecule has 0 aliphatic rings. The van der Waals surface area contributed by atoms with Crippen LogP contribution in [0.25, 0.3) is 44.2 Å². The molecule has 3 aromatic heterocycles. The topological polar surface area (TPSA) is 136 Å². The summed E-state index contributed by atoms with van der Waals surface area (Å²) in [6.07, 6.45) is 0.186. The number of nitrogens with two attached hydrogens (primary N) is 1. The Morgan fingerprint density at radius 1 is 1.04 bits per heavy atom. The average Bonchev–Trinajstić information content (AvgIpc) is 3.65. The molecule has 3 aromatic carbocycles. The summed E-state index contributed by atoms with van der Waals surface area (Å²) in [7, 11) is 0. The van der Waals surface area contributed by atoms with Crippen LogP contribution in [-0.4, -0.2) is 55.7 Å². The second kappa shape index (κ2) is 13.2. The SMILES string of the molecule is Cc1cc(-c2ncccc2-c2ccc3c(cnn3C(=O)OCC(N)Cc3c[nH]c4ccccc34)c2)ccc1F.O=C(O)C(F)(F)F. The number of ether oxygens (including phenoxy) is 1. The van der Waals surface area contributed by atoms with Crippen LogP contribution in [0.15, 0.2) is 91.4 Å². The molecule has 0 bridgehead atoms. The van der Waals surface area contributed by atoms with Gasteiger partial charge in [0.25, 0.3) is 0 Å². The zero-order chi connectivity index (χ0) is 33.0. The van der Waals surface area contributed by atoms with E-state index in [2.05, 4.69) is 15.1 Å². The molecule has 0 saturated heterocycles. The fourth-order valence-electron chi connectivity index (χ4n) is 4.89. The summed E-state index contributed by atoms with van der Waals surface area (Å²) in [6.45, 7) is 1.80. The van der Waals surface area contributed by atoms with E-state index in [1.54, 1.807) is 31.5 Å². The number of carboxylic acid groups (broad SMARTS) is 1. The van der Waals surface area contributed by atoms with E-state index in [4.69, 9.17) is 20.4 Å². The van der Waals surface area contributed by atoms with Crippen LogP contribution in [0, 0.1) is 12.7 Å². The molecular weight excluding hydrogens is 606 g/mol. The highest BCUT2D eigenvalue weighted by molar-refractivity contribution is 5.92. The van der Waals surface area contributed by atoms with Gasteiger partial charge in [-0.05, 0) is 72.5 Å². The molecule has 9 nitrogen and oxygen atoms in total. The molecule has 4 N–H and O–H groups in total. The van der Waals surface area contributed by atoms with E-state index in [1.807, 2.05) is 60.8 Å². The third-order valence-corrected chi connectivity index (χ3v) is 7.11. The number of nitrogens with one attached hydrogen (secondary N) is 1. The van der Waals surface area contributed by atoms with Crippen molar-refractivity contribution in [3.05, 3.63) is 108 Å². The molecule has 46 heavy (non-hydrogen) atoms. The smallest absolute Gasteiger partial charge is 0.475 e. The van der Waals surface area contributed by atoms with Crippen LogP contribution in [0.4, 0.5) is 22.4 Å². The lowest BCUT2D eigenvalue weighted by atomic mass is 9.97.